The van der Waals surface area contributed by atoms with E-state index in [2.05, 4.69) is 27.3 Å². The van der Waals surface area contributed by atoms with Gasteiger partial charge in [-0.25, -0.2) is 0 Å². The summed E-state index contributed by atoms with van der Waals surface area (Å²) in [4.78, 5) is 14.3. The van der Waals surface area contributed by atoms with Gasteiger partial charge in [0.2, 0.25) is 5.91 Å². The van der Waals surface area contributed by atoms with Crippen molar-refractivity contribution in [1.82, 2.24) is 5.32 Å². The summed E-state index contributed by atoms with van der Waals surface area (Å²) in [6.45, 7) is 2.99. The maximum atomic E-state index is 12.4. The molecule has 2 aliphatic rings. The molecule has 0 radical (unpaired) electrons. The Balaban J connectivity index is 0.00000147. The van der Waals surface area contributed by atoms with Gasteiger partial charge in [0.15, 0.2) is 0 Å². The number of fused-ring (bicyclic) bond motifs is 1. The minimum Gasteiger partial charge on any atom is -0.378 e. The third-order valence-corrected chi connectivity index (χ3v) is 4.16. The molecule has 1 fully saturated rings. The van der Waals surface area contributed by atoms with E-state index in [4.69, 9.17) is 4.74 Å². The molecular weight excluding hydrogens is 344 g/mol. The number of nitrogens with one attached hydrogen (secondary N) is 1. The molecule has 1 unspecified atom stereocenters. The Labute approximate surface area is 133 Å². The number of anilines is 1. The van der Waals surface area contributed by atoms with E-state index in [1.807, 2.05) is 17.0 Å². The van der Waals surface area contributed by atoms with E-state index < -0.39 is 0 Å². The van der Waals surface area contributed by atoms with Gasteiger partial charge in [-0.15, -0.1) is 12.4 Å². The number of halogens is 2. The van der Waals surface area contributed by atoms with Crippen LogP contribution in [-0.2, 0) is 16.0 Å². The number of amides is 1. The van der Waals surface area contributed by atoms with Crippen molar-refractivity contribution in [2.24, 2.45) is 0 Å². The molecule has 0 saturated carbocycles. The number of nitrogens with zero attached hydrogens (tertiary/aromatic N) is 1. The van der Waals surface area contributed by atoms with Crippen LogP contribution in [0.25, 0.3) is 0 Å². The lowest BCUT2D eigenvalue weighted by atomic mass is 10.1. The van der Waals surface area contributed by atoms with Gasteiger partial charge >= 0.3 is 0 Å². The number of ether oxygens (including phenoxy) is 1. The summed E-state index contributed by atoms with van der Waals surface area (Å²) in [5.74, 6) is 0.180. The first-order valence-electron chi connectivity index (χ1n) is 6.64. The summed E-state index contributed by atoms with van der Waals surface area (Å²) in [6.07, 6.45) is 1.45. The van der Waals surface area contributed by atoms with Crippen LogP contribution in [0.2, 0.25) is 0 Å². The Bertz CT molecular complexity index is 492. The second-order valence-electron chi connectivity index (χ2n) is 5.00. The van der Waals surface area contributed by atoms with Crippen molar-refractivity contribution in [3.8, 4) is 0 Å². The normalized spacial score (nSPS) is 21.2. The van der Waals surface area contributed by atoms with Crippen LogP contribution in [0.4, 0.5) is 5.69 Å². The molecule has 6 heteroatoms. The molecule has 1 aromatic carbocycles. The number of carbonyl (C=O) groups is 1. The molecule has 0 aliphatic carbocycles. The lowest BCUT2D eigenvalue weighted by Gasteiger charge is -2.26. The second kappa shape index (κ2) is 6.89. The van der Waals surface area contributed by atoms with Crippen molar-refractivity contribution in [1.29, 1.82) is 0 Å². The van der Waals surface area contributed by atoms with Crippen LogP contribution in [0.3, 0.4) is 0 Å². The van der Waals surface area contributed by atoms with Crippen molar-refractivity contribution in [3.63, 3.8) is 0 Å². The lowest BCUT2D eigenvalue weighted by molar-refractivity contribution is -0.119. The van der Waals surface area contributed by atoms with E-state index in [1.54, 1.807) is 0 Å². The maximum Gasteiger partial charge on any atom is 0.228 e. The fourth-order valence-electron chi connectivity index (χ4n) is 2.68. The van der Waals surface area contributed by atoms with Gasteiger partial charge in [0.25, 0.3) is 0 Å². The number of hydrogen-bond donors (Lipinski definition) is 1. The van der Waals surface area contributed by atoms with Gasteiger partial charge in [0.05, 0.1) is 13.2 Å². The third kappa shape index (κ3) is 3.34. The SMILES string of the molecule is Cl.O=C(CC1COCCN1)N1CCc2ccc(Br)cc21. The first kappa shape index (κ1) is 15.8. The summed E-state index contributed by atoms with van der Waals surface area (Å²) in [5, 5.41) is 3.33. The highest BCUT2D eigenvalue weighted by molar-refractivity contribution is 9.10. The molecule has 1 amide bonds. The highest BCUT2D eigenvalue weighted by atomic mass is 79.9. The largest absolute Gasteiger partial charge is 0.378 e. The van der Waals surface area contributed by atoms with Crippen LogP contribution in [-0.4, -0.2) is 38.3 Å². The van der Waals surface area contributed by atoms with Crippen LogP contribution in [0.5, 0.6) is 0 Å². The molecule has 4 nitrogen and oxygen atoms in total. The van der Waals surface area contributed by atoms with Crippen molar-refractivity contribution in [2.75, 3.05) is 31.2 Å². The van der Waals surface area contributed by atoms with Gasteiger partial charge in [0, 0.05) is 35.7 Å². The average Bonchev–Trinajstić information content (AvgIpc) is 2.82. The Morgan fingerprint density at radius 2 is 2.35 bits per heavy atom. The third-order valence-electron chi connectivity index (χ3n) is 3.66. The van der Waals surface area contributed by atoms with E-state index >= 15 is 0 Å². The zero-order valence-corrected chi connectivity index (χ0v) is 13.5. The zero-order chi connectivity index (χ0) is 13.2. The Morgan fingerprint density at radius 1 is 1.50 bits per heavy atom. The van der Waals surface area contributed by atoms with Crippen molar-refractivity contribution in [2.45, 2.75) is 18.9 Å². The molecule has 0 spiro atoms. The van der Waals surface area contributed by atoms with Crippen LogP contribution in [0.1, 0.15) is 12.0 Å². The predicted octanol–water partition coefficient (Wildman–Crippen LogP) is 2.14. The Hall–Kier alpha value is -0.620. The van der Waals surface area contributed by atoms with Gasteiger partial charge in [0.1, 0.15) is 0 Å². The molecule has 2 heterocycles. The summed E-state index contributed by atoms with van der Waals surface area (Å²) in [6, 6.07) is 6.31. The number of benzene rings is 1. The van der Waals surface area contributed by atoms with Crippen molar-refractivity contribution < 1.29 is 9.53 Å². The fraction of sp³-hybridized carbons (Fsp3) is 0.500. The van der Waals surface area contributed by atoms with Crippen LogP contribution < -0.4 is 10.2 Å². The molecule has 0 aromatic heterocycles. The summed E-state index contributed by atoms with van der Waals surface area (Å²) < 4.78 is 6.41. The molecule has 1 saturated heterocycles. The number of morpholine rings is 1. The molecular formula is C14H18BrClN2O2. The quantitative estimate of drug-likeness (QED) is 0.877. The Morgan fingerprint density at radius 3 is 3.10 bits per heavy atom. The van der Waals surface area contributed by atoms with Crippen LogP contribution in [0, 0.1) is 0 Å². The molecule has 0 bridgehead atoms. The predicted molar refractivity (Wildman–Crippen MR) is 84.7 cm³/mol. The van der Waals surface area contributed by atoms with E-state index in [1.165, 1.54) is 5.56 Å². The molecule has 110 valence electrons. The van der Waals surface area contributed by atoms with Gasteiger partial charge in [-0.2, -0.15) is 0 Å². The highest BCUT2D eigenvalue weighted by Gasteiger charge is 2.27. The molecule has 20 heavy (non-hydrogen) atoms. The maximum absolute atomic E-state index is 12.4. The molecule has 1 N–H and O–H groups in total. The molecule has 2 aliphatic heterocycles. The van der Waals surface area contributed by atoms with Crippen LogP contribution >= 0.6 is 28.3 Å². The number of rotatable bonds is 2. The highest BCUT2D eigenvalue weighted by Crippen LogP contribution is 2.31. The van der Waals surface area contributed by atoms with Gasteiger partial charge in [-0.3, -0.25) is 4.79 Å². The Kier molecular flexibility index (Phi) is 5.43. The minimum absolute atomic E-state index is 0. The first-order valence-corrected chi connectivity index (χ1v) is 7.43. The fourth-order valence-corrected chi connectivity index (χ4v) is 3.03. The van der Waals surface area contributed by atoms with E-state index in [-0.39, 0.29) is 24.4 Å². The smallest absolute Gasteiger partial charge is 0.228 e. The minimum atomic E-state index is 0. The van der Waals surface area contributed by atoms with Crippen LogP contribution in [0.15, 0.2) is 22.7 Å². The summed E-state index contributed by atoms with van der Waals surface area (Å²) in [5.41, 5.74) is 2.31. The topological polar surface area (TPSA) is 41.6 Å². The molecule has 1 atom stereocenters. The van der Waals surface area contributed by atoms with Gasteiger partial charge < -0.3 is 15.0 Å². The summed E-state index contributed by atoms with van der Waals surface area (Å²) in [7, 11) is 0. The molecule has 3 rings (SSSR count). The number of hydrogen-bond acceptors (Lipinski definition) is 3. The van der Waals surface area contributed by atoms with Crippen molar-refractivity contribution in [3.05, 3.63) is 28.2 Å². The van der Waals surface area contributed by atoms with Gasteiger partial charge in [-0.05, 0) is 24.1 Å². The zero-order valence-electron chi connectivity index (χ0n) is 11.1. The summed E-state index contributed by atoms with van der Waals surface area (Å²) >= 11 is 3.47. The molecule has 1 aromatic rings. The van der Waals surface area contributed by atoms with Gasteiger partial charge in [-0.1, -0.05) is 22.0 Å². The monoisotopic (exact) mass is 360 g/mol. The standard InChI is InChI=1S/C14H17BrN2O2.ClH/c15-11-2-1-10-3-5-17(13(10)7-11)14(18)8-12-9-19-6-4-16-12;/h1-2,7,12,16H,3-6,8-9H2;1H. The van der Waals surface area contributed by atoms with E-state index in [0.717, 1.165) is 36.3 Å². The second-order valence-corrected chi connectivity index (χ2v) is 5.91. The number of carbonyl (C=O) groups excluding carboxylic acids is 1. The van der Waals surface area contributed by atoms with E-state index in [9.17, 15) is 4.79 Å². The lowest BCUT2D eigenvalue weighted by Crippen LogP contribution is -2.45. The van der Waals surface area contributed by atoms with Crippen molar-refractivity contribution >= 4 is 39.9 Å². The van der Waals surface area contributed by atoms with E-state index in [0.29, 0.717) is 13.0 Å². The first-order chi connectivity index (χ1) is 9.24. The average molecular weight is 362 g/mol.